The van der Waals surface area contributed by atoms with Crippen molar-refractivity contribution in [3.05, 3.63) is 35.8 Å². The topological polar surface area (TPSA) is 22.1 Å². The molecule has 1 aromatic heterocycles. The second-order valence-corrected chi connectivity index (χ2v) is 4.27. The monoisotopic (exact) mass is 191 g/mol. The Hall–Kier alpha value is -1.31. The first-order valence-corrected chi connectivity index (χ1v) is 4.70. The van der Waals surface area contributed by atoms with E-state index in [0.29, 0.717) is 0 Å². The standard InChI is InChI=1S/C12H17NO/c1-12(2,3)11-6-5-10(9-13-11)7-8-14-4/h5-9H,1-4H3. The van der Waals surface area contributed by atoms with Crippen LogP contribution in [0, 0.1) is 0 Å². The molecule has 0 N–H and O–H groups in total. The average Bonchev–Trinajstić information content (AvgIpc) is 2.14. The van der Waals surface area contributed by atoms with Crippen molar-refractivity contribution in [2.45, 2.75) is 26.2 Å². The summed E-state index contributed by atoms with van der Waals surface area (Å²) in [6, 6.07) is 4.10. The lowest BCUT2D eigenvalue weighted by Crippen LogP contribution is -2.12. The van der Waals surface area contributed by atoms with Crippen LogP contribution in [0.4, 0.5) is 0 Å². The van der Waals surface area contributed by atoms with Gasteiger partial charge in [0, 0.05) is 17.3 Å². The molecule has 2 nitrogen and oxygen atoms in total. The summed E-state index contributed by atoms with van der Waals surface area (Å²) in [4.78, 5) is 4.40. The van der Waals surface area contributed by atoms with E-state index < -0.39 is 0 Å². The van der Waals surface area contributed by atoms with E-state index in [1.807, 2.05) is 18.3 Å². The van der Waals surface area contributed by atoms with Crippen LogP contribution in [0.3, 0.4) is 0 Å². The van der Waals surface area contributed by atoms with Crippen LogP contribution in [0.2, 0.25) is 0 Å². The predicted molar refractivity (Wildman–Crippen MR) is 59.0 cm³/mol. The molecule has 1 rings (SSSR count). The van der Waals surface area contributed by atoms with Crippen LogP contribution in [0.25, 0.3) is 6.08 Å². The van der Waals surface area contributed by atoms with Gasteiger partial charge in [-0.15, -0.1) is 0 Å². The van der Waals surface area contributed by atoms with Crippen molar-refractivity contribution in [2.24, 2.45) is 0 Å². The normalized spacial score (nSPS) is 12.0. The summed E-state index contributed by atoms with van der Waals surface area (Å²) in [6.45, 7) is 6.46. The fraction of sp³-hybridized carbons (Fsp3) is 0.417. The predicted octanol–water partition coefficient (Wildman–Crippen LogP) is 3.00. The van der Waals surface area contributed by atoms with Gasteiger partial charge in [-0.05, 0) is 17.7 Å². The fourth-order valence-electron chi connectivity index (χ4n) is 1.09. The first kappa shape index (κ1) is 10.8. The molecule has 2 heteroatoms. The van der Waals surface area contributed by atoms with Gasteiger partial charge in [-0.1, -0.05) is 26.8 Å². The zero-order chi connectivity index (χ0) is 10.6. The molecule has 0 radical (unpaired) electrons. The lowest BCUT2D eigenvalue weighted by atomic mass is 9.91. The summed E-state index contributed by atoms with van der Waals surface area (Å²) in [7, 11) is 1.63. The van der Waals surface area contributed by atoms with Crippen LogP contribution in [0.1, 0.15) is 32.0 Å². The molecule has 0 amide bonds. The van der Waals surface area contributed by atoms with Crippen LogP contribution < -0.4 is 0 Å². The molecule has 0 bridgehead atoms. The highest BCUT2D eigenvalue weighted by molar-refractivity contribution is 5.46. The Bertz CT molecular complexity index is 306. The Labute approximate surface area is 85.6 Å². The van der Waals surface area contributed by atoms with E-state index >= 15 is 0 Å². The van der Waals surface area contributed by atoms with Gasteiger partial charge in [-0.3, -0.25) is 4.98 Å². The number of pyridine rings is 1. The molecule has 0 unspecified atom stereocenters. The summed E-state index contributed by atoms with van der Waals surface area (Å²) in [6.07, 6.45) is 5.39. The maximum Gasteiger partial charge on any atom is 0.0831 e. The van der Waals surface area contributed by atoms with Gasteiger partial charge in [0.2, 0.25) is 0 Å². The molecule has 0 aliphatic rings. The second-order valence-electron chi connectivity index (χ2n) is 4.27. The van der Waals surface area contributed by atoms with Crippen LogP contribution in [-0.4, -0.2) is 12.1 Å². The second kappa shape index (κ2) is 4.27. The summed E-state index contributed by atoms with van der Waals surface area (Å²) in [5.74, 6) is 0. The Morgan fingerprint density at radius 3 is 2.43 bits per heavy atom. The minimum absolute atomic E-state index is 0.115. The molecule has 0 aromatic carbocycles. The molecule has 76 valence electrons. The number of methoxy groups -OCH3 is 1. The van der Waals surface area contributed by atoms with Crippen molar-refractivity contribution in [1.29, 1.82) is 0 Å². The SMILES string of the molecule is COC=Cc1ccc(C(C)(C)C)nc1. The molecule has 0 fully saturated rings. The molecule has 0 saturated heterocycles. The van der Waals surface area contributed by atoms with Gasteiger partial charge in [0.05, 0.1) is 13.4 Å². The molecule has 0 aliphatic heterocycles. The van der Waals surface area contributed by atoms with Gasteiger partial charge < -0.3 is 4.74 Å². The molecule has 0 spiro atoms. The molecule has 1 heterocycles. The van der Waals surface area contributed by atoms with Crippen molar-refractivity contribution in [3.63, 3.8) is 0 Å². The number of hydrogen-bond acceptors (Lipinski definition) is 2. The van der Waals surface area contributed by atoms with Gasteiger partial charge in [0.1, 0.15) is 0 Å². The first-order valence-electron chi connectivity index (χ1n) is 4.70. The molecule has 0 aliphatic carbocycles. The summed E-state index contributed by atoms with van der Waals surface area (Å²) >= 11 is 0. The average molecular weight is 191 g/mol. The number of aromatic nitrogens is 1. The third-order valence-corrected chi connectivity index (χ3v) is 1.95. The Balaban J connectivity index is 2.84. The van der Waals surface area contributed by atoms with E-state index in [2.05, 4.69) is 31.8 Å². The Morgan fingerprint density at radius 1 is 1.29 bits per heavy atom. The molecule has 0 atom stereocenters. The van der Waals surface area contributed by atoms with Crippen molar-refractivity contribution in [2.75, 3.05) is 7.11 Å². The summed E-state index contributed by atoms with van der Waals surface area (Å²) in [5, 5.41) is 0. The van der Waals surface area contributed by atoms with E-state index in [4.69, 9.17) is 4.74 Å². The minimum Gasteiger partial charge on any atom is -0.504 e. The van der Waals surface area contributed by atoms with E-state index in [9.17, 15) is 0 Å². The van der Waals surface area contributed by atoms with E-state index in [1.54, 1.807) is 13.4 Å². The largest absolute Gasteiger partial charge is 0.504 e. The molecule has 14 heavy (non-hydrogen) atoms. The molecular weight excluding hydrogens is 174 g/mol. The van der Waals surface area contributed by atoms with Gasteiger partial charge in [-0.2, -0.15) is 0 Å². The van der Waals surface area contributed by atoms with Crippen molar-refractivity contribution in [3.8, 4) is 0 Å². The van der Waals surface area contributed by atoms with Gasteiger partial charge >= 0.3 is 0 Å². The maximum absolute atomic E-state index is 4.83. The van der Waals surface area contributed by atoms with Crippen LogP contribution in [0.15, 0.2) is 24.6 Å². The smallest absolute Gasteiger partial charge is 0.0831 e. The van der Waals surface area contributed by atoms with Crippen LogP contribution in [0.5, 0.6) is 0 Å². The lowest BCUT2D eigenvalue weighted by Gasteiger charge is -2.17. The summed E-state index contributed by atoms with van der Waals surface area (Å²) < 4.78 is 4.83. The van der Waals surface area contributed by atoms with E-state index in [1.165, 1.54) is 0 Å². The van der Waals surface area contributed by atoms with E-state index in [-0.39, 0.29) is 5.41 Å². The third-order valence-electron chi connectivity index (χ3n) is 1.95. The molecule has 1 aromatic rings. The number of ether oxygens (including phenoxy) is 1. The number of nitrogens with zero attached hydrogens (tertiary/aromatic N) is 1. The zero-order valence-corrected chi connectivity index (χ0v) is 9.24. The number of rotatable bonds is 2. The fourth-order valence-corrected chi connectivity index (χ4v) is 1.09. The highest BCUT2D eigenvalue weighted by atomic mass is 16.5. The van der Waals surface area contributed by atoms with Crippen molar-refractivity contribution < 1.29 is 4.74 Å². The highest BCUT2D eigenvalue weighted by Crippen LogP contribution is 2.19. The number of hydrogen-bond donors (Lipinski definition) is 0. The molecule has 0 saturated carbocycles. The maximum atomic E-state index is 4.83. The van der Waals surface area contributed by atoms with Gasteiger partial charge in [0.25, 0.3) is 0 Å². The van der Waals surface area contributed by atoms with Crippen molar-refractivity contribution in [1.82, 2.24) is 4.98 Å². The first-order chi connectivity index (χ1) is 6.54. The third kappa shape index (κ3) is 2.87. The lowest BCUT2D eigenvalue weighted by molar-refractivity contribution is 0.341. The van der Waals surface area contributed by atoms with Crippen molar-refractivity contribution >= 4 is 6.08 Å². The summed E-state index contributed by atoms with van der Waals surface area (Å²) in [5.41, 5.74) is 2.27. The minimum atomic E-state index is 0.115. The van der Waals surface area contributed by atoms with Gasteiger partial charge in [-0.25, -0.2) is 0 Å². The van der Waals surface area contributed by atoms with Crippen LogP contribution >= 0.6 is 0 Å². The Kier molecular flexibility index (Phi) is 3.28. The molecular formula is C12H17NO. The highest BCUT2D eigenvalue weighted by Gasteiger charge is 2.14. The Morgan fingerprint density at radius 2 is 2.00 bits per heavy atom. The quantitative estimate of drug-likeness (QED) is 0.670. The zero-order valence-electron chi connectivity index (χ0n) is 9.24. The van der Waals surface area contributed by atoms with Gasteiger partial charge in [0.15, 0.2) is 0 Å². The van der Waals surface area contributed by atoms with E-state index in [0.717, 1.165) is 11.3 Å². The van der Waals surface area contributed by atoms with Crippen LogP contribution in [-0.2, 0) is 10.2 Å².